The van der Waals surface area contributed by atoms with E-state index in [2.05, 4.69) is 21.2 Å². The molecule has 0 saturated heterocycles. The van der Waals surface area contributed by atoms with Crippen molar-refractivity contribution in [3.05, 3.63) is 22.7 Å². The number of benzene rings is 1. The Bertz CT molecular complexity index is 412. The number of ether oxygens (including phenoxy) is 3. The second kappa shape index (κ2) is 8.77. The summed E-state index contributed by atoms with van der Waals surface area (Å²) in [4.78, 5) is 11.0. The summed E-state index contributed by atoms with van der Waals surface area (Å²) in [6, 6.07) is 5.70. The fourth-order valence-electron chi connectivity index (χ4n) is 1.40. The van der Waals surface area contributed by atoms with Crippen LogP contribution in [0.25, 0.3) is 0 Å². The molecule has 1 rings (SSSR count). The number of methoxy groups -OCH3 is 1. The Labute approximate surface area is 121 Å². The molecule has 0 amide bonds. The summed E-state index contributed by atoms with van der Waals surface area (Å²) in [5.74, 6) is 0.443. The van der Waals surface area contributed by atoms with Crippen molar-refractivity contribution in [2.75, 3.05) is 38.8 Å². The maximum atomic E-state index is 11.0. The van der Waals surface area contributed by atoms with E-state index in [1.54, 1.807) is 14.0 Å². The van der Waals surface area contributed by atoms with Crippen molar-refractivity contribution in [1.29, 1.82) is 0 Å². The van der Waals surface area contributed by atoms with Gasteiger partial charge in [0.1, 0.15) is 12.4 Å². The van der Waals surface area contributed by atoms with Gasteiger partial charge in [-0.3, -0.25) is 0 Å². The number of anilines is 1. The lowest BCUT2D eigenvalue weighted by Crippen LogP contribution is -2.16. The lowest BCUT2D eigenvalue weighted by atomic mass is 10.3. The van der Waals surface area contributed by atoms with Gasteiger partial charge >= 0.3 is 5.97 Å². The molecule has 0 spiro atoms. The van der Waals surface area contributed by atoms with E-state index in [1.807, 2.05) is 18.2 Å². The third kappa shape index (κ3) is 5.94. The van der Waals surface area contributed by atoms with E-state index in [0.29, 0.717) is 19.8 Å². The zero-order chi connectivity index (χ0) is 14.1. The summed E-state index contributed by atoms with van der Waals surface area (Å²) < 4.78 is 15.9. The van der Waals surface area contributed by atoms with Crippen molar-refractivity contribution in [2.45, 2.75) is 6.92 Å². The van der Waals surface area contributed by atoms with Gasteiger partial charge in [0.05, 0.1) is 24.8 Å². The molecule has 0 aliphatic carbocycles. The van der Waals surface area contributed by atoms with Crippen molar-refractivity contribution < 1.29 is 19.0 Å². The number of carbonyl (C=O) groups is 1. The molecule has 0 aromatic heterocycles. The normalized spacial score (nSPS) is 10.1. The predicted molar refractivity (Wildman–Crippen MR) is 76.6 cm³/mol. The maximum Gasteiger partial charge on any atom is 0.332 e. The van der Waals surface area contributed by atoms with Crippen LogP contribution in [0.4, 0.5) is 5.69 Å². The quantitative estimate of drug-likeness (QED) is 0.585. The number of esters is 1. The number of nitrogens with one attached hydrogen (secondary N) is 1. The van der Waals surface area contributed by atoms with Crippen LogP contribution in [0.1, 0.15) is 6.92 Å². The second-order valence-corrected chi connectivity index (χ2v) is 4.49. The fourth-order valence-corrected chi connectivity index (χ4v) is 1.94. The van der Waals surface area contributed by atoms with Crippen LogP contribution >= 0.6 is 15.9 Å². The van der Waals surface area contributed by atoms with Crippen LogP contribution in [0.5, 0.6) is 5.75 Å². The van der Waals surface area contributed by atoms with Gasteiger partial charge < -0.3 is 19.5 Å². The molecular formula is C13H18BrNO4. The molecule has 0 fully saturated rings. The Morgan fingerprint density at radius 2 is 2.21 bits per heavy atom. The predicted octanol–water partition coefficient (Wildman–Crippen LogP) is 2.45. The van der Waals surface area contributed by atoms with Gasteiger partial charge in [-0.15, -0.1) is 0 Å². The minimum absolute atomic E-state index is 0.0121. The number of rotatable bonds is 8. The van der Waals surface area contributed by atoms with E-state index in [4.69, 9.17) is 14.2 Å². The molecular weight excluding hydrogens is 314 g/mol. The number of halogens is 1. The average Bonchev–Trinajstić information content (AvgIpc) is 2.39. The Balaban J connectivity index is 2.22. The van der Waals surface area contributed by atoms with Crippen molar-refractivity contribution in [3.63, 3.8) is 0 Å². The molecule has 0 unspecified atom stereocenters. The van der Waals surface area contributed by atoms with Crippen LogP contribution in [0.3, 0.4) is 0 Å². The Morgan fingerprint density at radius 3 is 2.84 bits per heavy atom. The Morgan fingerprint density at radius 1 is 1.42 bits per heavy atom. The number of hydrogen-bond acceptors (Lipinski definition) is 5. The number of carbonyl (C=O) groups excluding carboxylic acids is 1. The monoisotopic (exact) mass is 331 g/mol. The summed E-state index contributed by atoms with van der Waals surface area (Å²) in [7, 11) is 1.62. The molecule has 106 valence electrons. The highest BCUT2D eigenvalue weighted by atomic mass is 79.9. The minimum atomic E-state index is -0.338. The van der Waals surface area contributed by atoms with Gasteiger partial charge in [0, 0.05) is 12.2 Å². The molecule has 0 radical (unpaired) electrons. The van der Waals surface area contributed by atoms with Crippen molar-refractivity contribution in [1.82, 2.24) is 0 Å². The topological polar surface area (TPSA) is 56.8 Å². The second-order valence-electron chi connectivity index (χ2n) is 3.63. The molecule has 0 saturated carbocycles. The molecule has 0 aliphatic rings. The lowest BCUT2D eigenvalue weighted by molar-refractivity contribution is -0.148. The van der Waals surface area contributed by atoms with Gasteiger partial charge in [0.2, 0.25) is 0 Å². The first-order chi connectivity index (χ1) is 9.17. The third-order valence-electron chi connectivity index (χ3n) is 2.25. The van der Waals surface area contributed by atoms with Gasteiger partial charge in [-0.2, -0.15) is 0 Å². The molecule has 1 aromatic carbocycles. The number of hydrogen-bond donors (Lipinski definition) is 1. The zero-order valence-electron chi connectivity index (χ0n) is 11.1. The summed E-state index contributed by atoms with van der Waals surface area (Å²) in [6.45, 7) is 3.17. The highest BCUT2D eigenvalue weighted by Gasteiger charge is 2.02. The van der Waals surface area contributed by atoms with Crippen molar-refractivity contribution in [2.24, 2.45) is 0 Å². The van der Waals surface area contributed by atoms with Crippen LogP contribution in [-0.4, -0.2) is 39.4 Å². The molecule has 1 N–H and O–H groups in total. The average molecular weight is 332 g/mol. The molecule has 0 heterocycles. The minimum Gasteiger partial charge on any atom is -0.496 e. The first kappa shape index (κ1) is 15.8. The molecule has 19 heavy (non-hydrogen) atoms. The molecule has 0 bridgehead atoms. The van der Waals surface area contributed by atoms with Crippen molar-refractivity contribution in [3.8, 4) is 5.75 Å². The first-order valence-corrected chi connectivity index (χ1v) is 6.77. The van der Waals surface area contributed by atoms with E-state index in [9.17, 15) is 4.79 Å². The summed E-state index contributed by atoms with van der Waals surface area (Å²) in [6.07, 6.45) is 0. The lowest BCUT2D eigenvalue weighted by Gasteiger charge is -2.09. The largest absolute Gasteiger partial charge is 0.496 e. The van der Waals surface area contributed by atoms with Crippen LogP contribution in [0, 0.1) is 0 Å². The van der Waals surface area contributed by atoms with Crippen LogP contribution in [-0.2, 0) is 14.3 Å². The standard InChI is InChI=1S/C13H18BrNO4/c1-3-19-13(16)9-18-7-6-15-10-4-5-12(17-2)11(14)8-10/h4-5,8,15H,3,6-7,9H2,1-2H3. The summed E-state index contributed by atoms with van der Waals surface area (Å²) >= 11 is 3.41. The smallest absolute Gasteiger partial charge is 0.332 e. The Hall–Kier alpha value is -1.27. The molecule has 6 heteroatoms. The maximum absolute atomic E-state index is 11.0. The summed E-state index contributed by atoms with van der Waals surface area (Å²) in [5.41, 5.74) is 0.951. The van der Waals surface area contributed by atoms with Crippen LogP contribution < -0.4 is 10.1 Å². The van der Waals surface area contributed by atoms with E-state index < -0.39 is 0 Å². The molecule has 0 aliphatic heterocycles. The first-order valence-electron chi connectivity index (χ1n) is 5.98. The van der Waals surface area contributed by atoms with Crippen LogP contribution in [0.15, 0.2) is 22.7 Å². The fraction of sp³-hybridized carbons (Fsp3) is 0.462. The van der Waals surface area contributed by atoms with Gasteiger partial charge in [-0.25, -0.2) is 4.79 Å². The van der Waals surface area contributed by atoms with E-state index in [1.165, 1.54) is 0 Å². The molecule has 5 nitrogen and oxygen atoms in total. The summed E-state index contributed by atoms with van der Waals surface area (Å²) in [5, 5.41) is 3.18. The molecule has 0 atom stereocenters. The van der Waals surface area contributed by atoms with Crippen molar-refractivity contribution >= 4 is 27.6 Å². The van der Waals surface area contributed by atoms with E-state index in [0.717, 1.165) is 15.9 Å². The highest BCUT2D eigenvalue weighted by Crippen LogP contribution is 2.27. The van der Waals surface area contributed by atoms with Gasteiger partial charge in [-0.1, -0.05) is 0 Å². The highest BCUT2D eigenvalue weighted by molar-refractivity contribution is 9.10. The third-order valence-corrected chi connectivity index (χ3v) is 2.87. The zero-order valence-corrected chi connectivity index (χ0v) is 12.7. The van der Waals surface area contributed by atoms with E-state index in [-0.39, 0.29) is 12.6 Å². The SMILES string of the molecule is CCOC(=O)COCCNc1ccc(OC)c(Br)c1. The van der Waals surface area contributed by atoms with Gasteiger partial charge in [-0.05, 0) is 41.1 Å². The molecule has 1 aromatic rings. The van der Waals surface area contributed by atoms with Crippen LogP contribution in [0.2, 0.25) is 0 Å². The van der Waals surface area contributed by atoms with Gasteiger partial charge in [0.25, 0.3) is 0 Å². The van der Waals surface area contributed by atoms with Gasteiger partial charge in [0.15, 0.2) is 0 Å². The van der Waals surface area contributed by atoms with E-state index >= 15 is 0 Å². The Kier molecular flexibility index (Phi) is 7.28.